The number of fused-ring (bicyclic) bond motifs is 1. The van der Waals surface area contributed by atoms with E-state index in [0.29, 0.717) is 12.1 Å². The lowest BCUT2D eigenvalue weighted by molar-refractivity contribution is 0.372. The fraction of sp³-hybridized carbons (Fsp3) is 0.556. The molecule has 1 heterocycles. The molecule has 0 spiro atoms. The topological polar surface area (TPSA) is 25.2 Å². The van der Waals surface area contributed by atoms with Gasteiger partial charge in [-0.15, -0.1) is 0 Å². The zero-order valence-electron chi connectivity index (χ0n) is 12.6. The highest BCUT2D eigenvalue weighted by molar-refractivity contribution is 5.82. The fourth-order valence-corrected chi connectivity index (χ4v) is 3.48. The van der Waals surface area contributed by atoms with E-state index in [4.69, 9.17) is 4.42 Å². The summed E-state index contributed by atoms with van der Waals surface area (Å²) in [6.45, 7) is 4.40. The lowest BCUT2D eigenvalue weighted by Crippen LogP contribution is -2.31. The molecule has 2 aromatic rings. The second kappa shape index (κ2) is 6.01. The van der Waals surface area contributed by atoms with E-state index in [2.05, 4.69) is 37.4 Å². The van der Waals surface area contributed by atoms with Crippen molar-refractivity contribution in [1.29, 1.82) is 0 Å². The second-order valence-electron chi connectivity index (χ2n) is 6.16. The normalized spacial score (nSPS) is 19.1. The van der Waals surface area contributed by atoms with Crippen LogP contribution in [-0.4, -0.2) is 6.04 Å². The molecule has 108 valence electrons. The number of para-hydroxylation sites is 1. The lowest BCUT2D eigenvalue weighted by atomic mass is 10.1. The standard InChI is InChI=1S/C18H25NO/c1-13-16-11-7-8-12-17(16)20-18(13)14(2)19-15-9-5-3-4-6-10-15/h7-8,11-12,14-15,19H,3-6,9-10H2,1-2H3. The summed E-state index contributed by atoms with van der Waals surface area (Å²) >= 11 is 0. The van der Waals surface area contributed by atoms with Crippen molar-refractivity contribution in [3.05, 3.63) is 35.6 Å². The SMILES string of the molecule is Cc1c(C(C)NC2CCCCCC2)oc2ccccc12. The molecular formula is C18H25NO. The Morgan fingerprint density at radius 3 is 2.50 bits per heavy atom. The van der Waals surface area contributed by atoms with Crippen molar-refractivity contribution in [3.8, 4) is 0 Å². The van der Waals surface area contributed by atoms with Crippen LogP contribution in [0.4, 0.5) is 0 Å². The predicted octanol–water partition coefficient (Wildman–Crippen LogP) is 5.11. The van der Waals surface area contributed by atoms with E-state index in [1.807, 2.05) is 6.07 Å². The Balaban J connectivity index is 1.77. The van der Waals surface area contributed by atoms with Crippen LogP contribution >= 0.6 is 0 Å². The molecule has 0 amide bonds. The van der Waals surface area contributed by atoms with E-state index >= 15 is 0 Å². The van der Waals surface area contributed by atoms with Crippen molar-refractivity contribution in [3.63, 3.8) is 0 Å². The number of benzene rings is 1. The molecule has 1 N–H and O–H groups in total. The number of rotatable bonds is 3. The molecule has 1 aliphatic carbocycles. The summed E-state index contributed by atoms with van der Waals surface area (Å²) in [7, 11) is 0. The molecule has 0 saturated heterocycles. The third-order valence-electron chi connectivity index (χ3n) is 4.61. The molecular weight excluding hydrogens is 246 g/mol. The summed E-state index contributed by atoms with van der Waals surface area (Å²) < 4.78 is 6.07. The second-order valence-corrected chi connectivity index (χ2v) is 6.16. The van der Waals surface area contributed by atoms with Crippen molar-refractivity contribution < 1.29 is 4.42 Å². The van der Waals surface area contributed by atoms with E-state index in [9.17, 15) is 0 Å². The van der Waals surface area contributed by atoms with E-state index in [1.165, 1.54) is 49.5 Å². The van der Waals surface area contributed by atoms with Gasteiger partial charge in [-0.1, -0.05) is 43.9 Å². The fourth-order valence-electron chi connectivity index (χ4n) is 3.48. The Kier molecular flexibility index (Phi) is 4.11. The number of aryl methyl sites for hydroxylation is 1. The molecule has 1 aromatic carbocycles. The Hall–Kier alpha value is -1.28. The first-order valence-corrected chi connectivity index (χ1v) is 8.00. The van der Waals surface area contributed by atoms with Crippen molar-refractivity contribution >= 4 is 11.0 Å². The number of hydrogen-bond acceptors (Lipinski definition) is 2. The smallest absolute Gasteiger partial charge is 0.134 e. The first-order chi connectivity index (χ1) is 9.75. The largest absolute Gasteiger partial charge is 0.459 e. The van der Waals surface area contributed by atoms with E-state index in [0.717, 1.165) is 11.3 Å². The first-order valence-electron chi connectivity index (χ1n) is 8.00. The van der Waals surface area contributed by atoms with Gasteiger partial charge < -0.3 is 9.73 Å². The van der Waals surface area contributed by atoms with Crippen molar-refractivity contribution in [2.45, 2.75) is 64.5 Å². The molecule has 1 fully saturated rings. The van der Waals surface area contributed by atoms with Gasteiger partial charge in [0.15, 0.2) is 0 Å². The van der Waals surface area contributed by atoms with Gasteiger partial charge >= 0.3 is 0 Å². The van der Waals surface area contributed by atoms with Crippen molar-refractivity contribution in [2.24, 2.45) is 0 Å². The summed E-state index contributed by atoms with van der Waals surface area (Å²) in [5.74, 6) is 1.11. The number of furan rings is 1. The van der Waals surface area contributed by atoms with E-state index < -0.39 is 0 Å². The van der Waals surface area contributed by atoms with Gasteiger partial charge in [-0.3, -0.25) is 0 Å². The van der Waals surface area contributed by atoms with Crippen molar-refractivity contribution in [1.82, 2.24) is 5.32 Å². The van der Waals surface area contributed by atoms with Gasteiger partial charge in [0.2, 0.25) is 0 Å². The number of hydrogen-bond donors (Lipinski definition) is 1. The average molecular weight is 271 g/mol. The van der Waals surface area contributed by atoms with Gasteiger partial charge in [-0.05, 0) is 38.3 Å². The van der Waals surface area contributed by atoms with Crippen LogP contribution in [0.2, 0.25) is 0 Å². The van der Waals surface area contributed by atoms with Crippen LogP contribution in [0.3, 0.4) is 0 Å². The Bertz CT molecular complexity index is 564. The Morgan fingerprint density at radius 2 is 1.80 bits per heavy atom. The molecule has 20 heavy (non-hydrogen) atoms. The highest BCUT2D eigenvalue weighted by Gasteiger charge is 2.20. The molecule has 1 aliphatic rings. The monoisotopic (exact) mass is 271 g/mol. The summed E-state index contributed by atoms with van der Waals surface area (Å²) in [5.41, 5.74) is 2.30. The van der Waals surface area contributed by atoms with Crippen LogP contribution in [0.15, 0.2) is 28.7 Å². The van der Waals surface area contributed by atoms with Crippen LogP contribution in [0.1, 0.15) is 62.8 Å². The highest BCUT2D eigenvalue weighted by atomic mass is 16.3. The maximum Gasteiger partial charge on any atom is 0.134 e. The lowest BCUT2D eigenvalue weighted by Gasteiger charge is -2.21. The molecule has 2 nitrogen and oxygen atoms in total. The summed E-state index contributed by atoms with van der Waals surface area (Å²) in [5, 5.41) is 5.03. The van der Waals surface area contributed by atoms with Crippen LogP contribution in [-0.2, 0) is 0 Å². The van der Waals surface area contributed by atoms with Crippen molar-refractivity contribution in [2.75, 3.05) is 0 Å². The summed E-state index contributed by atoms with van der Waals surface area (Å²) in [6, 6.07) is 9.28. The minimum absolute atomic E-state index is 0.297. The Labute approximate surface area is 121 Å². The van der Waals surface area contributed by atoms with Crippen LogP contribution in [0, 0.1) is 6.92 Å². The van der Waals surface area contributed by atoms with Gasteiger partial charge in [0.05, 0.1) is 6.04 Å². The van der Waals surface area contributed by atoms with Crippen LogP contribution in [0.25, 0.3) is 11.0 Å². The third kappa shape index (κ3) is 2.76. The molecule has 1 atom stereocenters. The van der Waals surface area contributed by atoms with Gasteiger partial charge in [-0.25, -0.2) is 0 Å². The Morgan fingerprint density at radius 1 is 1.10 bits per heavy atom. The zero-order valence-corrected chi connectivity index (χ0v) is 12.6. The van der Waals surface area contributed by atoms with Crippen LogP contribution < -0.4 is 5.32 Å². The molecule has 1 aromatic heterocycles. The molecule has 1 unspecified atom stereocenters. The number of nitrogens with one attached hydrogen (secondary N) is 1. The quantitative estimate of drug-likeness (QED) is 0.784. The maximum absolute atomic E-state index is 6.07. The summed E-state index contributed by atoms with van der Waals surface area (Å²) in [4.78, 5) is 0. The van der Waals surface area contributed by atoms with Gasteiger partial charge in [0, 0.05) is 11.4 Å². The average Bonchev–Trinajstić information content (AvgIpc) is 2.64. The molecule has 0 aliphatic heterocycles. The molecule has 0 radical (unpaired) electrons. The molecule has 0 bridgehead atoms. The zero-order chi connectivity index (χ0) is 13.9. The van der Waals surface area contributed by atoms with Gasteiger partial charge in [0.25, 0.3) is 0 Å². The molecule has 2 heteroatoms. The van der Waals surface area contributed by atoms with E-state index in [-0.39, 0.29) is 0 Å². The van der Waals surface area contributed by atoms with Gasteiger partial charge in [-0.2, -0.15) is 0 Å². The predicted molar refractivity (Wildman–Crippen MR) is 84.0 cm³/mol. The molecule has 3 rings (SSSR count). The first kappa shape index (κ1) is 13.7. The van der Waals surface area contributed by atoms with Crippen LogP contribution in [0.5, 0.6) is 0 Å². The van der Waals surface area contributed by atoms with Gasteiger partial charge in [0.1, 0.15) is 11.3 Å². The summed E-state index contributed by atoms with van der Waals surface area (Å²) in [6.07, 6.45) is 8.15. The van der Waals surface area contributed by atoms with E-state index in [1.54, 1.807) is 0 Å². The highest BCUT2D eigenvalue weighted by Crippen LogP contribution is 2.30. The molecule has 1 saturated carbocycles. The minimum atomic E-state index is 0.297. The third-order valence-corrected chi connectivity index (χ3v) is 4.61. The minimum Gasteiger partial charge on any atom is -0.459 e. The maximum atomic E-state index is 6.07.